The molecule has 0 amide bonds. The second-order valence-electron chi connectivity index (χ2n) is 3.05. The summed E-state index contributed by atoms with van der Waals surface area (Å²) in [5, 5.41) is 12.9. The van der Waals surface area contributed by atoms with Gasteiger partial charge in [-0.1, -0.05) is 0 Å². The molecule has 0 saturated heterocycles. The number of aryl methyl sites for hydroxylation is 1. The average Bonchev–Trinajstić information content (AvgIpc) is 2.59. The number of nitrogens with zero attached hydrogens (tertiary/aromatic N) is 3. The highest BCUT2D eigenvalue weighted by atomic mass is 16.5. The van der Waals surface area contributed by atoms with Crippen LogP contribution in [0.5, 0.6) is 5.88 Å². The normalized spacial score (nSPS) is 10.5. The number of hydrogen-bond donors (Lipinski definition) is 1. The van der Waals surface area contributed by atoms with Crippen molar-refractivity contribution in [3.63, 3.8) is 0 Å². The largest absolute Gasteiger partial charge is 0.481 e. The lowest BCUT2D eigenvalue weighted by atomic mass is 10.3. The van der Waals surface area contributed by atoms with Crippen LogP contribution in [0.15, 0.2) is 12.3 Å². The molecule has 0 bridgehead atoms. The molecule has 0 aliphatic heterocycles. The standard InChI is InChI=1S/C9H9N3O3/c1-5-4-10-12-7(15-2)3-6(9(13)14)11-8(5)12/h3-4H,1-2H3,(H,13,14). The summed E-state index contributed by atoms with van der Waals surface area (Å²) in [6.45, 7) is 1.81. The van der Waals surface area contributed by atoms with Gasteiger partial charge in [-0.2, -0.15) is 9.61 Å². The lowest BCUT2D eigenvalue weighted by Gasteiger charge is -2.04. The van der Waals surface area contributed by atoms with Crippen LogP contribution in [0.3, 0.4) is 0 Å². The Hall–Kier alpha value is -2.11. The molecule has 0 unspecified atom stereocenters. The monoisotopic (exact) mass is 207 g/mol. The molecule has 6 nitrogen and oxygen atoms in total. The van der Waals surface area contributed by atoms with Crippen molar-refractivity contribution in [2.24, 2.45) is 0 Å². The molecule has 1 N–H and O–H groups in total. The van der Waals surface area contributed by atoms with E-state index in [1.165, 1.54) is 17.7 Å². The number of methoxy groups -OCH3 is 1. The van der Waals surface area contributed by atoms with Gasteiger partial charge in [0.1, 0.15) is 0 Å². The molecule has 0 radical (unpaired) electrons. The van der Waals surface area contributed by atoms with Crippen LogP contribution in [0.2, 0.25) is 0 Å². The predicted octanol–water partition coefficient (Wildman–Crippen LogP) is 0.745. The van der Waals surface area contributed by atoms with Crippen LogP contribution in [0.1, 0.15) is 16.1 Å². The highest BCUT2D eigenvalue weighted by molar-refractivity contribution is 5.86. The highest BCUT2D eigenvalue weighted by Crippen LogP contribution is 2.16. The molecule has 0 atom stereocenters. The number of ether oxygens (including phenoxy) is 1. The van der Waals surface area contributed by atoms with E-state index in [2.05, 4.69) is 10.1 Å². The number of carboxylic acid groups (broad SMARTS) is 1. The van der Waals surface area contributed by atoms with Gasteiger partial charge in [0.2, 0.25) is 5.88 Å². The van der Waals surface area contributed by atoms with Crippen molar-refractivity contribution in [3.8, 4) is 5.88 Å². The van der Waals surface area contributed by atoms with Crippen molar-refractivity contribution in [1.29, 1.82) is 0 Å². The topological polar surface area (TPSA) is 76.7 Å². The van der Waals surface area contributed by atoms with Crippen LogP contribution in [0.25, 0.3) is 5.65 Å². The predicted molar refractivity (Wildman–Crippen MR) is 51.2 cm³/mol. The average molecular weight is 207 g/mol. The summed E-state index contributed by atoms with van der Waals surface area (Å²) in [4.78, 5) is 14.8. The van der Waals surface area contributed by atoms with E-state index in [1.54, 1.807) is 13.1 Å². The third kappa shape index (κ3) is 1.39. The van der Waals surface area contributed by atoms with Crippen LogP contribution >= 0.6 is 0 Å². The van der Waals surface area contributed by atoms with Crippen molar-refractivity contribution in [3.05, 3.63) is 23.5 Å². The second-order valence-corrected chi connectivity index (χ2v) is 3.05. The van der Waals surface area contributed by atoms with Gasteiger partial charge in [0.05, 0.1) is 13.3 Å². The zero-order chi connectivity index (χ0) is 11.0. The fourth-order valence-electron chi connectivity index (χ4n) is 1.30. The molecule has 15 heavy (non-hydrogen) atoms. The first-order chi connectivity index (χ1) is 7.13. The molecule has 2 aromatic rings. The molecule has 0 spiro atoms. The maximum absolute atomic E-state index is 10.8. The molecule has 0 saturated carbocycles. The van der Waals surface area contributed by atoms with E-state index < -0.39 is 5.97 Å². The van der Waals surface area contributed by atoms with E-state index in [4.69, 9.17) is 9.84 Å². The van der Waals surface area contributed by atoms with Gasteiger partial charge in [0, 0.05) is 11.6 Å². The van der Waals surface area contributed by atoms with E-state index in [1.807, 2.05) is 0 Å². The van der Waals surface area contributed by atoms with Crippen molar-refractivity contribution in [2.75, 3.05) is 7.11 Å². The zero-order valence-corrected chi connectivity index (χ0v) is 8.26. The van der Waals surface area contributed by atoms with E-state index in [0.29, 0.717) is 11.5 Å². The first-order valence-electron chi connectivity index (χ1n) is 4.26. The first kappa shape index (κ1) is 9.45. The minimum Gasteiger partial charge on any atom is -0.481 e. The van der Waals surface area contributed by atoms with Crippen LogP contribution in [-0.4, -0.2) is 32.8 Å². The minimum atomic E-state index is -1.09. The lowest BCUT2D eigenvalue weighted by molar-refractivity contribution is 0.0690. The summed E-state index contributed by atoms with van der Waals surface area (Å²) < 4.78 is 6.49. The number of fused-ring (bicyclic) bond motifs is 1. The van der Waals surface area contributed by atoms with E-state index in [0.717, 1.165) is 5.56 Å². The Labute approximate surface area is 85.1 Å². The van der Waals surface area contributed by atoms with E-state index >= 15 is 0 Å². The van der Waals surface area contributed by atoms with Crippen molar-refractivity contribution in [1.82, 2.24) is 14.6 Å². The summed E-state index contributed by atoms with van der Waals surface area (Å²) in [5.74, 6) is -0.734. The van der Waals surface area contributed by atoms with Gasteiger partial charge in [-0.3, -0.25) is 0 Å². The zero-order valence-electron chi connectivity index (χ0n) is 8.26. The Morgan fingerprint density at radius 3 is 2.93 bits per heavy atom. The molecule has 0 aromatic carbocycles. The van der Waals surface area contributed by atoms with Gasteiger partial charge in [-0.25, -0.2) is 9.78 Å². The first-order valence-corrected chi connectivity index (χ1v) is 4.26. The molecule has 0 aliphatic rings. The third-order valence-corrected chi connectivity index (χ3v) is 2.04. The maximum Gasteiger partial charge on any atom is 0.354 e. The summed E-state index contributed by atoms with van der Waals surface area (Å²) in [7, 11) is 1.46. The van der Waals surface area contributed by atoms with Crippen LogP contribution in [-0.2, 0) is 0 Å². The fraction of sp³-hybridized carbons (Fsp3) is 0.222. The number of rotatable bonds is 2. The van der Waals surface area contributed by atoms with Crippen molar-refractivity contribution < 1.29 is 14.6 Å². The summed E-state index contributed by atoms with van der Waals surface area (Å²) in [6, 6.07) is 1.34. The SMILES string of the molecule is COc1cc(C(=O)O)nc2c(C)cnn12. The number of carbonyl (C=O) groups is 1. The maximum atomic E-state index is 10.8. The number of carboxylic acids is 1. The fourth-order valence-corrected chi connectivity index (χ4v) is 1.30. The molecule has 0 fully saturated rings. The van der Waals surface area contributed by atoms with Gasteiger partial charge in [-0.05, 0) is 6.92 Å². The Balaban J connectivity index is 2.79. The van der Waals surface area contributed by atoms with Gasteiger partial charge in [-0.15, -0.1) is 0 Å². The Morgan fingerprint density at radius 2 is 2.33 bits per heavy atom. The van der Waals surface area contributed by atoms with E-state index in [-0.39, 0.29) is 5.69 Å². The van der Waals surface area contributed by atoms with Crippen molar-refractivity contribution >= 4 is 11.6 Å². The lowest BCUT2D eigenvalue weighted by Crippen LogP contribution is -2.05. The Bertz CT molecular complexity index is 533. The summed E-state index contributed by atoms with van der Waals surface area (Å²) in [5.41, 5.74) is 1.24. The Kier molecular flexibility index (Phi) is 2.03. The van der Waals surface area contributed by atoms with Crippen molar-refractivity contribution in [2.45, 2.75) is 6.92 Å². The van der Waals surface area contributed by atoms with Gasteiger partial charge >= 0.3 is 5.97 Å². The van der Waals surface area contributed by atoms with E-state index in [9.17, 15) is 4.79 Å². The quantitative estimate of drug-likeness (QED) is 0.786. The van der Waals surface area contributed by atoms with Gasteiger partial charge in [0.25, 0.3) is 0 Å². The molecular formula is C9H9N3O3. The smallest absolute Gasteiger partial charge is 0.354 e. The molecule has 78 valence electrons. The molecule has 2 aromatic heterocycles. The van der Waals surface area contributed by atoms with Crippen LogP contribution < -0.4 is 4.74 Å². The van der Waals surface area contributed by atoms with Gasteiger partial charge in [0.15, 0.2) is 11.3 Å². The molecular weight excluding hydrogens is 198 g/mol. The number of hydrogen-bond acceptors (Lipinski definition) is 4. The number of aromatic carboxylic acids is 1. The summed E-state index contributed by atoms with van der Waals surface area (Å²) in [6.07, 6.45) is 1.61. The van der Waals surface area contributed by atoms with Gasteiger partial charge < -0.3 is 9.84 Å². The number of aromatic nitrogens is 3. The molecule has 6 heteroatoms. The van der Waals surface area contributed by atoms with Crippen LogP contribution in [0, 0.1) is 6.92 Å². The molecule has 0 aliphatic carbocycles. The highest BCUT2D eigenvalue weighted by Gasteiger charge is 2.13. The Morgan fingerprint density at radius 1 is 1.60 bits per heavy atom. The third-order valence-electron chi connectivity index (χ3n) is 2.04. The minimum absolute atomic E-state index is 0.0528. The molecule has 2 heterocycles. The summed E-state index contributed by atoms with van der Waals surface area (Å²) >= 11 is 0. The molecule has 2 rings (SSSR count). The van der Waals surface area contributed by atoms with Crippen LogP contribution in [0.4, 0.5) is 0 Å². The second kappa shape index (κ2) is 3.23.